The second kappa shape index (κ2) is 6.66. The molecule has 1 atom stereocenters. The quantitative estimate of drug-likeness (QED) is 0.388. The maximum atomic E-state index is 9.75. The molecule has 0 aromatic carbocycles. The summed E-state index contributed by atoms with van der Waals surface area (Å²) in [5.74, 6) is 4.02. The SMILES string of the molecule is C=C1SCCC[S+]1CC.F[B-](F)(F)F. The molecule has 0 saturated carbocycles. The van der Waals surface area contributed by atoms with Crippen molar-refractivity contribution in [2.24, 2.45) is 0 Å². The molecule has 0 aliphatic carbocycles. The van der Waals surface area contributed by atoms with Crippen LogP contribution in [0.2, 0.25) is 0 Å². The van der Waals surface area contributed by atoms with Crippen LogP contribution in [-0.2, 0) is 10.9 Å². The van der Waals surface area contributed by atoms with E-state index in [2.05, 4.69) is 13.5 Å². The summed E-state index contributed by atoms with van der Waals surface area (Å²) in [5, 5.41) is 0. The van der Waals surface area contributed by atoms with Gasteiger partial charge in [-0.2, -0.15) is 0 Å². The topological polar surface area (TPSA) is 0 Å². The minimum absolute atomic E-state index is 0.572. The van der Waals surface area contributed by atoms with Crippen molar-refractivity contribution in [1.29, 1.82) is 0 Å². The third-order valence-electron chi connectivity index (χ3n) is 1.47. The summed E-state index contributed by atoms with van der Waals surface area (Å²) in [6, 6.07) is 0. The Morgan fingerprint density at radius 1 is 1.43 bits per heavy atom. The Kier molecular flexibility index (Phi) is 6.77. The van der Waals surface area contributed by atoms with Crippen molar-refractivity contribution in [3.8, 4) is 0 Å². The molecule has 14 heavy (non-hydrogen) atoms. The van der Waals surface area contributed by atoms with Gasteiger partial charge in [-0.25, -0.2) is 0 Å². The van der Waals surface area contributed by atoms with Crippen LogP contribution >= 0.6 is 11.8 Å². The summed E-state index contributed by atoms with van der Waals surface area (Å²) in [6.07, 6.45) is 1.40. The van der Waals surface area contributed by atoms with E-state index in [0.29, 0.717) is 10.9 Å². The first-order valence-electron chi connectivity index (χ1n) is 4.21. The van der Waals surface area contributed by atoms with Gasteiger partial charge in [0, 0.05) is 23.1 Å². The fraction of sp³-hybridized carbons (Fsp3) is 0.714. The van der Waals surface area contributed by atoms with E-state index in [1.54, 1.807) is 0 Å². The number of halogens is 4. The molecular weight excluding hydrogens is 235 g/mol. The van der Waals surface area contributed by atoms with E-state index in [0.717, 1.165) is 0 Å². The number of hydrogen-bond acceptors (Lipinski definition) is 1. The average molecular weight is 248 g/mol. The zero-order valence-corrected chi connectivity index (χ0v) is 9.57. The number of rotatable bonds is 1. The zero-order chi connectivity index (χ0) is 11.2. The molecule has 0 N–H and O–H groups in total. The highest BCUT2D eigenvalue weighted by Gasteiger charge is 2.24. The van der Waals surface area contributed by atoms with Crippen LogP contribution < -0.4 is 0 Å². The van der Waals surface area contributed by atoms with Gasteiger partial charge in [0.05, 0.1) is 0 Å². The molecule has 1 saturated heterocycles. The molecule has 84 valence electrons. The van der Waals surface area contributed by atoms with E-state index >= 15 is 0 Å². The Balaban J connectivity index is 0.000000292. The highest BCUT2D eigenvalue weighted by molar-refractivity contribution is 8.21. The van der Waals surface area contributed by atoms with Crippen LogP contribution in [0.25, 0.3) is 0 Å². The first kappa shape index (κ1) is 14.2. The Morgan fingerprint density at radius 3 is 2.21 bits per heavy atom. The van der Waals surface area contributed by atoms with Gasteiger partial charge in [0.1, 0.15) is 11.5 Å². The van der Waals surface area contributed by atoms with Crippen molar-refractivity contribution in [1.82, 2.24) is 0 Å². The van der Waals surface area contributed by atoms with Crippen LogP contribution in [0.5, 0.6) is 0 Å². The van der Waals surface area contributed by atoms with Gasteiger partial charge in [-0.3, -0.25) is 0 Å². The van der Waals surface area contributed by atoms with Gasteiger partial charge < -0.3 is 17.3 Å². The van der Waals surface area contributed by atoms with Crippen molar-refractivity contribution in [2.45, 2.75) is 13.3 Å². The Hall–Kier alpha value is 0.225. The molecule has 0 amide bonds. The average Bonchev–Trinajstić information content (AvgIpc) is 2.02. The second-order valence-corrected chi connectivity index (χ2v) is 6.47. The molecular formula is C7H13BF4S2. The normalized spacial score (nSPS) is 22.6. The fourth-order valence-corrected chi connectivity index (χ4v) is 4.47. The number of thioether (sulfide) groups is 1. The molecule has 1 aliphatic rings. The molecule has 0 spiro atoms. The van der Waals surface area contributed by atoms with Crippen LogP contribution in [0.1, 0.15) is 13.3 Å². The third kappa shape index (κ3) is 8.81. The molecule has 7 heteroatoms. The van der Waals surface area contributed by atoms with Crippen molar-refractivity contribution in [3.63, 3.8) is 0 Å². The van der Waals surface area contributed by atoms with Crippen LogP contribution in [0.4, 0.5) is 17.3 Å². The largest absolute Gasteiger partial charge is 0.673 e. The van der Waals surface area contributed by atoms with E-state index in [4.69, 9.17) is 0 Å². The van der Waals surface area contributed by atoms with Crippen molar-refractivity contribution in [3.05, 3.63) is 10.8 Å². The van der Waals surface area contributed by atoms with Crippen LogP contribution in [0.3, 0.4) is 0 Å². The molecule has 0 aromatic rings. The van der Waals surface area contributed by atoms with Crippen molar-refractivity contribution >= 4 is 29.9 Å². The maximum Gasteiger partial charge on any atom is 0.673 e. The van der Waals surface area contributed by atoms with Gasteiger partial charge in [-0.1, -0.05) is 11.8 Å². The molecule has 0 radical (unpaired) electrons. The summed E-state index contributed by atoms with van der Waals surface area (Å²) in [4.78, 5) is 0. The van der Waals surface area contributed by atoms with E-state index < -0.39 is 7.25 Å². The lowest BCUT2D eigenvalue weighted by Crippen LogP contribution is -2.15. The molecule has 0 bridgehead atoms. The van der Waals surface area contributed by atoms with Gasteiger partial charge in [-0.15, -0.1) is 0 Å². The first-order valence-corrected chi connectivity index (χ1v) is 6.76. The predicted molar refractivity (Wildman–Crippen MR) is 59.2 cm³/mol. The minimum atomic E-state index is -6.00. The summed E-state index contributed by atoms with van der Waals surface area (Å²) in [6.45, 7) is 6.31. The number of hydrogen-bond donors (Lipinski definition) is 0. The van der Waals surface area contributed by atoms with E-state index in [1.165, 1.54) is 27.9 Å². The summed E-state index contributed by atoms with van der Waals surface area (Å²) in [5.41, 5.74) is 0. The third-order valence-corrected chi connectivity index (χ3v) is 5.47. The Labute approximate surface area is 89.0 Å². The summed E-state index contributed by atoms with van der Waals surface area (Å²) < 4.78 is 40.4. The molecule has 0 nitrogen and oxygen atoms in total. The van der Waals surface area contributed by atoms with Gasteiger partial charge >= 0.3 is 7.25 Å². The lowest BCUT2D eigenvalue weighted by Gasteiger charge is -2.12. The molecule has 1 unspecified atom stereocenters. The highest BCUT2D eigenvalue weighted by atomic mass is 32.2. The smallest absolute Gasteiger partial charge is 0.418 e. The van der Waals surface area contributed by atoms with Gasteiger partial charge in [0.25, 0.3) is 0 Å². The zero-order valence-electron chi connectivity index (χ0n) is 7.94. The summed E-state index contributed by atoms with van der Waals surface area (Å²) >= 11 is 1.97. The van der Waals surface area contributed by atoms with E-state index in [-0.39, 0.29) is 0 Å². The molecule has 0 aromatic heterocycles. The van der Waals surface area contributed by atoms with Crippen LogP contribution in [0, 0.1) is 0 Å². The van der Waals surface area contributed by atoms with E-state index in [9.17, 15) is 17.3 Å². The molecule has 1 aliphatic heterocycles. The Morgan fingerprint density at radius 2 is 1.93 bits per heavy atom. The monoisotopic (exact) mass is 248 g/mol. The fourth-order valence-electron chi connectivity index (χ4n) is 0.922. The summed E-state index contributed by atoms with van der Waals surface area (Å²) in [7, 11) is -5.43. The lowest BCUT2D eigenvalue weighted by molar-refractivity contribution is 0.368. The predicted octanol–water partition coefficient (Wildman–Crippen LogP) is 3.53. The second-order valence-electron chi connectivity index (χ2n) is 2.55. The van der Waals surface area contributed by atoms with Gasteiger partial charge in [-0.05, 0) is 13.5 Å². The minimum Gasteiger partial charge on any atom is -0.418 e. The highest BCUT2D eigenvalue weighted by Crippen LogP contribution is 2.28. The van der Waals surface area contributed by atoms with Gasteiger partial charge in [0.15, 0.2) is 4.24 Å². The van der Waals surface area contributed by atoms with Crippen LogP contribution in [-0.4, -0.2) is 24.5 Å². The lowest BCUT2D eigenvalue weighted by atomic mass is 10.3. The van der Waals surface area contributed by atoms with Crippen molar-refractivity contribution < 1.29 is 17.3 Å². The Bertz CT molecular complexity index is 177. The molecule has 1 heterocycles. The first-order chi connectivity index (χ1) is 6.34. The van der Waals surface area contributed by atoms with Gasteiger partial charge in [0.2, 0.25) is 0 Å². The molecule has 1 fully saturated rings. The molecule has 1 rings (SSSR count). The van der Waals surface area contributed by atoms with Crippen molar-refractivity contribution in [2.75, 3.05) is 17.3 Å². The van der Waals surface area contributed by atoms with Crippen LogP contribution in [0.15, 0.2) is 10.8 Å². The van der Waals surface area contributed by atoms with E-state index in [1.807, 2.05) is 11.8 Å². The standard InChI is InChI=1S/C7H13S2.BF4/c1-3-9-6-4-5-8-7(9)2;2-1(3,4)5/h2-6H2,1H3;/q+1;-1. The maximum absolute atomic E-state index is 9.75.